The molecular weight excluding hydrogens is 406 g/mol. The molecule has 1 aromatic carbocycles. The summed E-state index contributed by atoms with van der Waals surface area (Å²) < 4.78 is 1.96. The van der Waals surface area contributed by atoms with Crippen molar-refractivity contribution in [2.24, 2.45) is 0 Å². The lowest BCUT2D eigenvalue weighted by Crippen LogP contribution is -2.01. The molecule has 0 atom stereocenters. The molecule has 0 saturated carbocycles. The molecule has 6 heteroatoms. The second-order valence-corrected chi connectivity index (χ2v) is 7.42. The first kappa shape index (κ1) is 15.5. The number of hydrogen-bond acceptors (Lipinski definition) is 3. The smallest absolute Gasteiger partial charge is 0.345 e. The standard InChI is InChI=1S/C14H13Br2NO2S/c1-7-3-10(15)13(11(16)4-7)17-6-9-5-12(14(18)19)20-8(9)2/h3-5,17H,6H2,1-2H3,(H,18,19). The van der Waals surface area contributed by atoms with Gasteiger partial charge in [0, 0.05) is 20.4 Å². The molecule has 0 bridgehead atoms. The first-order chi connectivity index (χ1) is 9.38. The van der Waals surface area contributed by atoms with Crippen LogP contribution in [0.1, 0.15) is 25.7 Å². The maximum Gasteiger partial charge on any atom is 0.345 e. The van der Waals surface area contributed by atoms with Crippen LogP contribution in [0.25, 0.3) is 0 Å². The van der Waals surface area contributed by atoms with Gasteiger partial charge in [-0.25, -0.2) is 4.79 Å². The molecule has 0 spiro atoms. The maximum atomic E-state index is 11.0. The third-order valence-corrected chi connectivity index (χ3v) is 5.21. The van der Waals surface area contributed by atoms with E-state index in [2.05, 4.69) is 37.2 Å². The number of rotatable bonds is 4. The number of nitrogens with one attached hydrogen (secondary N) is 1. The summed E-state index contributed by atoms with van der Waals surface area (Å²) in [6, 6.07) is 5.80. The number of hydrogen-bond donors (Lipinski definition) is 2. The lowest BCUT2D eigenvalue weighted by Gasteiger charge is -2.11. The molecule has 0 radical (unpaired) electrons. The highest BCUT2D eigenvalue weighted by molar-refractivity contribution is 9.11. The Morgan fingerprint density at radius 3 is 2.35 bits per heavy atom. The van der Waals surface area contributed by atoms with Crippen molar-refractivity contribution in [3.8, 4) is 0 Å². The van der Waals surface area contributed by atoms with Crippen LogP contribution in [0.3, 0.4) is 0 Å². The highest BCUT2D eigenvalue weighted by Gasteiger charge is 2.12. The number of aromatic carboxylic acids is 1. The Kier molecular flexibility index (Phi) is 4.88. The predicted molar refractivity (Wildman–Crippen MR) is 89.9 cm³/mol. The minimum absolute atomic E-state index is 0.376. The van der Waals surface area contributed by atoms with E-state index >= 15 is 0 Å². The van der Waals surface area contributed by atoms with E-state index in [1.54, 1.807) is 6.07 Å². The monoisotopic (exact) mass is 417 g/mol. The van der Waals surface area contributed by atoms with Gasteiger partial charge >= 0.3 is 5.97 Å². The summed E-state index contributed by atoms with van der Waals surface area (Å²) >= 11 is 8.37. The van der Waals surface area contributed by atoms with E-state index in [4.69, 9.17) is 5.11 Å². The van der Waals surface area contributed by atoms with Crippen LogP contribution >= 0.6 is 43.2 Å². The lowest BCUT2D eigenvalue weighted by molar-refractivity contribution is 0.0702. The Morgan fingerprint density at radius 2 is 1.85 bits per heavy atom. The topological polar surface area (TPSA) is 49.3 Å². The van der Waals surface area contributed by atoms with Crippen molar-refractivity contribution in [3.63, 3.8) is 0 Å². The zero-order valence-electron chi connectivity index (χ0n) is 11.0. The number of anilines is 1. The van der Waals surface area contributed by atoms with E-state index in [9.17, 15) is 4.79 Å². The Morgan fingerprint density at radius 1 is 1.25 bits per heavy atom. The minimum Gasteiger partial charge on any atom is -0.477 e. The van der Waals surface area contributed by atoms with E-state index in [1.165, 1.54) is 11.3 Å². The molecule has 2 aromatic rings. The molecular formula is C14H13Br2NO2S. The first-order valence-electron chi connectivity index (χ1n) is 5.90. The van der Waals surface area contributed by atoms with E-state index in [0.717, 1.165) is 30.6 Å². The van der Waals surface area contributed by atoms with Gasteiger partial charge in [-0.1, -0.05) is 0 Å². The van der Waals surface area contributed by atoms with Gasteiger partial charge in [0.15, 0.2) is 0 Å². The summed E-state index contributed by atoms with van der Waals surface area (Å²) in [5.41, 5.74) is 3.14. The molecule has 0 aliphatic rings. The van der Waals surface area contributed by atoms with Gasteiger partial charge in [0.2, 0.25) is 0 Å². The number of carbonyl (C=O) groups is 1. The fourth-order valence-electron chi connectivity index (χ4n) is 1.85. The number of carboxylic acid groups (broad SMARTS) is 1. The van der Waals surface area contributed by atoms with Crippen LogP contribution in [0, 0.1) is 13.8 Å². The van der Waals surface area contributed by atoms with Crippen LogP contribution in [0.5, 0.6) is 0 Å². The summed E-state index contributed by atoms with van der Waals surface area (Å²) in [4.78, 5) is 12.4. The maximum absolute atomic E-state index is 11.0. The molecule has 0 unspecified atom stereocenters. The molecule has 106 valence electrons. The van der Waals surface area contributed by atoms with Crippen LogP contribution in [0.4, 0.5) is 5.69 Å². The predicted octanol–water partition coefficient (Wildman–Crippen LogP) is 5.20. The van der Waals surface area contributed by atoms with Gasteiger partial charge in [-0.3, -0.25) is 0 Å². The highest BCUT2D eigenvalue weighted by Crippen LogP contribution is 2.33. The molecule has 20 heavy (non-hydrogen) atoms. The number of thiophene rings is 1. The van der Waals surface area contributed by atoms with Gasteiger partial charge < -0.3 is 10.4 Å². The number of benzene rings is 1. The summed E-state index contributed by atoms with van der Waals surface area (Å²) in [6.45, 7) is 4.56. The van der Waals surface area contributed by atoms with Crippen molar-refractivity contribution in [1.82, 2.24) is 0 Å². The van der Waals surface area contributed by atoms with Gasteiger partial charge in [-0.2, -0.15) is 0 Å². The van der Waals surface area contributed by atoms with Crippen LogP contribution in [-0.4, -0.2) is 11.1 Å². The van der Waals surface area contributed by atoms with Crippen LogP contribution in [0.15, 0.2) is 27.1 Å². The van der Waals surface area contributed by atoms with Crippen molar-refractivity contribution >= 4 is 54.9 Å². The molecule has 1 heterocycles. The molecule has 0 aliphatic heterocycles. The van der Waals surface area contributed by atoms with Crippen molar-refractivity contribution in [2.45, 2.75) is 20.4 Å². The van der Waals surface area contributed by atoms with Crippen molar-refractivity contribution in [3.05, 3.63) is 48.0 Å². The Labute approximate surface area is 138 Å². The van der Waals surface area contributed by atoms with Crippen LogP contribution in [0.2, 0.25) is 0 Å². The average molecular weight is 419 g/mol. The third-order valence-electron chi connectivity index (χ3n) is 2.87. The van der Waals surface area contributed by atoms with E-state index < -0.39 is 5.97 Å². The van der Waals surface area contributed by atoms with Gasteiger partial charge in [0.25, 0.3) is 0 Å². The van der Waals surface area contributed by atoms with Crippen molar-refractivity contribution in [1.29, 1.82) is 0 Å². The molecule has 3 nitrogen and oxygen atoms in total. The zero-order valence-corrected chi connectivity index (χ0v) is 14.9. The number of aryl methyl sites for hydroxylation is 2. The minimum atomic E-state index is -0.873. The molecule has 0 fully saturated rings. The Hall–Kier alpha value is -0.850. The summed E-state index contributed by atoms with van der Waals surface area (Å²) in [7, 11) is 0. The summed E-state index contributed by atoms with van der Waals surface area (Å²) in [5.74, 6) is -0.873. The summed E-state index contributed by atoms with van der Waals surface area (Å²) in [5, 5.41) is 12.3. The van der Waals surface area contributed by atoms with Crippen molar-refractivity contribution < 1.29 is 9.90 Å². The first-order valence-corrected chi connectivity index (χ1v) is 8.31. The highest BCUT2D eigenvalue weighted by atomic mass is 79.9. The fraction of sp³-hybridized carbons (Fsp3) is 0.214. The van der Waals surface area contributed by atoms with Crippen molar-refractivity contribution in [2.75, 3.05) is 5.32 Å². The molecule has 2 N–H and O–H groups in total. The van der Waals surface area contributed by atoms with Gasteiger partial charge in [0.1, 0.15) is 4.88 Å². The van der Waals surface area contributed by atoms with E-state index in [1.807, 2.05) is 26.0 Å². The molecule has 2 rings (SSSR count). The second-order valence-electron chi connectivity index (χ2n) is 4.45. The molecule has 0 aliphatic carbocycles. The number of halogens is 2. The van der Waals surface area contributed by atoms with E-state index in [0.29, 0.717) is 11.4 Å². The zero-order chi connectivity index (χ0) is 14.9. The SMILES string of the molecule is Cc1cc(Br)c(NCc2cc(C(=O)O)sc2C)c(Br)c1. The summed E-state index contributed by atoms with van der Waals surface area (Å²) in [6.07, 6.45) is 0. The van der Waals surface area contributed by atoms with E-state index in [-0.39, 0.29) is 0 Å². The quantitative estimate of drug-likeness (QED) is 0.717. The van der Waals surface area contributed by atoms with Gasteiger partial charge in [-0.05, 0) is 75.0 Å². The fourth-order valence-corrected chi connectivity index (χ4v) is 4.43. The lowest BCUT2D eigenvalue weighted by atomic mass is 10.2. The average Bonchev–Trinajstić information content (AvgIpc) is 2.70. The molecule has 0 saturated heterocycles. The largest absolute Gasteiger partial charge is 0.477 e. The second kappa shape index (κ2) is 6.28. The van der Waals surface area contributed by atoms with Gasteiger partial charge in [-0.15, -0.1) is 11.3 Å². The van der Waals surface area contributed by atoms with Crippen LogP contribution in [-0.2, 0) is 6.54 Å². The van der Waals surface area contributed by atoms with Gasteiger partial charge in [0.05, 0.1) is 5.69 Å². The number of carboxylic acids is 1. The Bertz CT molecular complexity index is 644. The Balaban J connectivity index is 2.19. The molecule has 0 amide bonds. The molecule has 1 aromatic heterocycles. The van der Waals surface area contributed by atoms with Crippen LogP contribution < -0.4 is 5.32 Å². The third kappa shape index (κ3) is 3.42. The normalized spacial score (nSPS) is 10.6.